The Bertz CT molecular complexity index is 1290. The van der Waals surface area contributed by atoms with Crippen LogP contribution >= 0.6 is 0 Å². The average Bonchev–Trinajstić information content (AvgIpc) is 2.80. The van der Waals surface area contributed by atoms with Gasteiger partial charge in [-0.15, -0.1) is 0 Å². The zero-order valence-corrected chi connectivity index (χ0v) is 17.9. The predicted octanol–water partition coefficient (Wildman–Crippen LogP) is 3.92. The molecule has 0 saturated heterocycles. The van der Waals surface area contributed by atoms with Gasteiger partial charge in [0.05, 0.1) is 12.2 Å². The molecule has 1 aliphatic carbocycles. The van der Waals surface area contributed by atoms with Crippen molar-refractivity contribution in [2.24, 2.45) is 0 Å². The molecular formula is C25H21FN2O5. The summed E-state index contributed by atoms with van der Waals surface area (Å²) in [5, 5.41) is 2.63. The van der Waals surface area contributed by atoms with Crippen LogP contribution in [0.5, 0.6) is 0 Å². The second-order valence-corrected chi connectivity index (χ2v) is 7.56. The van der Waals surface area contributed by atoms with Gasteiger partial charge >= 0.3 is 5.97 Å². The molecule has 2 aromatic carbocycles. The number of carbonyl (C=O) groups excluding carboxylic acids is 3. The van der Waals surface area contributed by atoms with Gasteiger partial charge in [-0.25, -0.2) is 9.18 Å². The molecule has 0 saturated carbocycles. The van der Waals surface area contributed by atoms with E-state index in [4.69, 9.17) is 4.74 Å². The summed E-state index contributed by atoms with van der Waals surface area (Å²) in [6.45, 7) is 1.95. The van der Waals surface area contributed by atoms with Crippen LogP contribution in [0.3, 0.4) is 0 Å². The quantitative estimate of drug-likeness (QED) is 0.597. The van der Waals surface area contributed by atoms with Gasteiger partial charge in [-0.2, -0.15) is 0 Å². The molecule has 1 heterocycles. The number of rotatable bonds is 5. The van der Waals surface area contributed by atoms with Crippen molar-refractivity contribution < 1.29 is 23.5 Å². The number of ketones is 1. The van der Waals surface area contributed by atoms with E-state index in [1.165, 1.54) is 59.2 Å². The second kappa shape index (κ2) is 9.20. The standard InChI is InChI=1S/C25H21FN2O5/c1-2-33-25(32)15-6-10-17(11-7-15)27-23(30)20-14-19-21(4-3-5-22(19)29)28(24(20)31)18-12-8-16(26)9-13-18/h6-14H,2-5H2,1H3,(H,27,30). The van der Waals surface area contributed by atoms with Crippen molar-refractivity contribution >= 4 is 23.3 Å². The number of nitrogens with one attached hydrogen (secondary N) is 1. The third-order valence-corrected chi connectivity index (χ3v) is 5.40. The van der Waals surface area contributed by atoms with E-state index in [-0.39, 0.29) is 18.0 Å². The molecule has 1 aliphatic rings. The third-order valence-electron chi connectivity index (χ3n) is 5.40. The Labute approximate surface area is 188 Å². The van der Waals surface area contributed by atoms with Crippen LogP contribution in [-0.4, -0.2) is 28.8 Å². The van der Waals surface area contributed by atoms with Gasteiger partial charge in [0.15, 0.2) is 5.78 Å². The molecule has 1 N–H and O–H groups in total. The molecule has 1 amide bonds. The minimum Gasteiger partial charge on any atom is -0.462 e. The molecule has 0 spiro atoms. The monoisotopic (exact) mass is 448 g/mol. The number of aromatic nitrogens is 1. The van der Waals surface area contributed by atoms with E-state index in [1.807, 2.05) is 0 Å². The van der Waals surface area contributed by atoms with E-state index in [1.54, 1.807) is 6.92 Å². The largest absolute Gasteiger partial charge is 0.462 e. The first-order valence-electron chi connectivity index (χ1n) is 10.6. The summed E-state index contributed by atoms with van der Waals surface area (Å²) in [5.41, 5.74) is 1.09. The van der Waals surface area contributed by atoms with Crippen LogP contribution in [0.15, 0.2) is 59.4 Å². The van der Waals surface area contributed by atoms with Gasteiger partial charge in [-0.3, -0.25) is 19.0 Å². The number of hydrogen-bond acceptors (Lipinski definition) is 5. The number of hydrogen-bond donors (Lipinski definition) is 1. The fourth-order valence-corrected chi connectivity index (χ4v) is 3.82. The highest BCUT2D eigenvalue weighted by Gasteiger charge is 2.26. The summed E-state index contributed by atoms with van der Waals surface area (Å²) in [7, 11) is 0. The predicted molar refractivity (Wildman–Crippen MR) is 120 cm³/mol. The first kappa shape index (κ1) is 22.1. The molecule has 0 bridgehead atoms. The minimum atomic E-state index is -0.694. The van der Waals surface area contributed by atoms with Gasteiger partial charge in [0.25, 0.3) is 11.5 Å². The maximum atomic E-state index is 13.4. The minimum absolute atomic E-state index is 0.153. The van der Waals surface area contributed by atoms with E-state index in [0.717, 1.165) is 0 Å². The normalized spacial score (nSPS) is 12.7. The van der Waals surface area contributed by atoms with Crippen LogP contribution in [-0.2, 0) is 11.2 Å². The third kappa shape index (κ3) is 4.45. The van der Waals surface area contributed by atoms with Gasteiger partial charge < -0.3 is 10.1 Å². The first-order valence-corrected chi connectivity index (χ1v) is 10.6. The number of anilines is 1. The number of halogens is 1. The number of carbonyl (C=O) groups is 3. The van der Waals surface area contributed by atoms with E-state index < -0.39 is 23.3 Å². The van der Waals surface area contributed by atoms with Gasteiger partial charge in [-0.05, 0) is 74.4 Å². The molecule has 168 valence electrons. The molecule has 1 aromatic heterocycles. The highest BCUT2D eigenvalue weighted by atomic mass is 19.1. The van der Waals surface area contributed by atoms with Crippen LogP contribution in [0.4, 0.5) is 10.1 Å². The fraction of sp³-hybridized carbons (Fsp3) is 0.200. The lowest BCUT2D eigenvalue weighted by molar-refractivity contribution is 0.0526. The van der Waals surface area contributed by atoms with Crippen molar-refractivity contribution in [1.82, 2.24) is 4.57 Å². The Balaban J connectivity index is 1.72. The first-order chi connectivity index (χ1) is 15.9. The molecule has 33 heavy (non-hydrogen) atoms. The Morgan fingerprint density at radius 3 is 2.39 bits per heavy atom. The van der Waals surface area contributed by atoms with Crippen molar-refractivity contribution in [2.75, 3.05) is 11.9 Å². The highest BCUT2D eigenvalue weighted by molar-refractivity contribution is 6.07. The summed E-state index contributed by atoms with van der Waals surface area (Å²) in [6.07, 6.45) is 1.40. The van der Waals surface area contributed by atoms with Crippen LogP contribution < -0.4 is 10.9 Å². The van der Waals surface area contributed by atoms with Crippen LogP contribution in [0.2, 0.25) is 0 Å². The van der Waals surface area contributed by atoms with Crippen molar-refractivity contribution in [3.8, 4) is 5.69 Å². The van der Waals surface area contributed by atoms with Crippen molar-refractivity contribution in [1.29, 1.82) is 0 Å². The highest BCUT2D eigenvalue weighted by Crippen LogP contribution is 2.24. The lowest BCUT2D eigenvalue weighted by Gasteiger charge is -2.21. The number of pyridine rings is 1. The van der Waals surface area contributed by atoms with Crippen LogP contribution in [0.25, 0.3) is 5.69 Å². The Hall–Kier alpha value is -4.07. The van der Waals surface area contributed by atoms with Gasteiger partial charge in [0.1, 0.15) is 11.4 Å². The summed E-state index contributed by atoms with van der Waals surface area (Å²) < 4.78 is 19.7. The molecule has 0 radical (unpaired) electrons. The summed E-state index contributed by atoms with van der Waals surface area (Å²) in [6, 6.07) is 12.7. The molecule has 4 rings (SSSR count). The van der Waals surface area contributed by atoms with Gasteiger partial charge in [0.2, 0.25) is 0 Å². The second-order valence-electron chi connectivity index (χ2n) is 7.56. The van der Waals surface area contributed by atoms with Crippen molar-refractivity contribution in [3.63, 3.8) is 0 Å². The number of Topliss-reactive ketones (excluding diaryl/α,β-unsaturated/α-hetero) is 1. The number of nitrogens with zero attached hydrogens (tertiary/aromatic N) is 1. The van der Waals surface area contributed by atoms with E-state index in [2.05, 4.69) is 5.32 Å². The number of benzene rings is 2. The number of ether oxygens (including phenoxy) is 1. The zero-order valence-electron chi connectivity index (χ0n) is 17.9. The van der Waals surface area contributed by atoms with E-state index in [0.29, 0.717) is 47.5 Å². The smallest absolute Gasteiger partial charge is 0.338 e. The Kier molecular flexibility index (Phi) is 6.17. The summed E-state index contributed by atoms with van der Waals surface area (Å²) in [4.78, 5) is 50.7. The van der Waals surface area contributed by atoms with Crippen LogP contribution in [0.1, 0.15) is 56.5 Å². The zero-order chi connectivity index (χ0) is 23.5. The van der Waals surface area contributed by atoms with E-state index >= 15 is 0 Å². The molecule has 3 aromatic rings. The molecule has 0 atom stereocenters. The Morgan fingerprint density at radius 2 is 1.73 bits per heavy atom. The molecule has 0 unspecified atom stereocenters. The number of esters is 1. The van der Waals surface area contributed by atoms with Crippen LogP contribution in [0, 0.1) is 5.82 Å². The topological polar surface area (TPSA) is 94.5 Å². The lowest BCUT2D eigenvalue weighted by atomic mass is 9.92. The average molecular weight is 448 g/mol. The van der Waals surface area contributed by atoms with E-state index in [9.17, 15) is 23.6 Å². The number of fused-ring (bicyclic) bond motifs is 1. The molecule has 7 nitrogen and oxygen atoms in total. The fourth-order valence-electron chi connectivity index (χ4n) is 3.82. The molecule has 0 aliphatic heterocycles. The van der Waals surface area contributed by atoms with Gasteiger partial charge in [0, 0.05) is 29.1 Å². The maximum absolute atomic E-state index is 13.4. The SMILES string of the molecule is CCOC(=O)c1ccc(NC(=O)c2cc3c(n(-c4ccc(F)cc4)c2=O)CCCC3=O)cc1. The molecule has 0 fully saturated rings. The van der Waals surface area contributed by atoms with Gasteiger partial charge in [-0.1, -0.05) is 0 Å². The number of amides is 1. The lowest BCUT2D eigenvalue weighted by Crippen LogP contribution is -2.33. The summed E-state index contributed by atoms with van der Waals surface area (Å²) in [5.74, 6) is -1.79. The molecule has 8 heteroatoms. The molecular weight excluding hydrogens is 427 g/mol. The summed E-state index contributed by atoms with van der Waals surface area (Å²) >= 11 is 0. The van der Waals surface area contributed by atoms with Crippen molar-refractivity contribution in [2.45, 2.75) is 26.2 Å². The maximum Gasteiger partial charge on any atom is 0.338 e. The van der Waals surface area contributed by atoms with Crippen molar-refractivity contribution in [3.05, 3.63) is 93.2 Å². The Morgan fingerprint density at radius 1 is 1.03 bits per heavy atom.